The van der Waals surface area contributed by atoms with Crippen molar-refractivity contribution in [3.05, 3.63) is 23.8 Å². The molecule has 1 heterocycles. The number of imide groups is 1. The number of anilines is 1. The first kappa shape index (κ1) is 23.1. The van der Waals surface area contributed by atoms with Crippen molar-refractivity contribution < 1.29 is 19.1 Å². The molecule has 1 saturated heterocycles. The molecule has 4 amide bonds. The van der Waals surface area contributed by atoms with Crippen LogP contribution in [-0.4, -0.2) is 41.9 Å². The SMILES string of the molecule is COc1ccc(C(C)(C)C)cc1NC(=O)CN1C(=O)N[C@@]2(C[C@@H](C)CC(C)(C)C2)C1=O. The summed E-state index contributed by atoms with van der Waals surface area (Å²) in [5.74, 6) is 0.0970. The lowest BCUT2D eigenvalue weighted by atomic mass is 9.64. The van der Waals surface area contributed by atoms with E-state index in [1.54, 1.807) is 0 Å². The predicted molar refractivity (Wildman–Crippen MR) is 120 cm³/mol. The first-order valence-electron chi connectivity index (χ1n) is 10.9. The Morgan fingerprint density at radius 2 is 1.94 bits per heavy atom. The van der Waals surface area contributed by atoms with Crippen LogP contribution in [0.5, 0.6) is 5.75 Å². The maximum absolute atomic E-state index is 13.3. The Kier molecular flexibility index (Phi) is 5.84. The second-order valence-corrected chi connectivity index (χ2v) is 11.0. The number of nitrogens with zero attached hydrogens (tertiary/aromatic N) is 1. The molecule has 1 aliphatic carbocycles. The highest BCUT2D eigenvalue weighted by Gasteiger charge is 2.56. The quantitative estimate of drug-likeness (QED) is 0.707. The molecule has 1 aromatic rings. The second kappa shape index (κ2) is 7.84. The molecule has 1 aromatic carbocycles. The Hall–Kier alpha value is -2.57. The molecule has 2 aliphatic rings. The number of amides is 4. The van der Waals surface area contributed by atoms with Crippen molar-refractivity contribution in [3.63, 3.8) is 0 Å². The van der Waals surface area contributed by atoms with Crippen LogP contribution in [0.1, 0.15) is 66.4 Å². The molecule has 0 bridgehead atoms. The third-order valence-electron chi connectivity index (χ3n) is 6.27. The lowest BCUT2D eigenvalue weighted by molar-refractivity contribution is -0.136. The van der Waals surface area contributed by atoms with E-state index in [1.165, 1.54) is 7.11 Å². The van der Waals surface area contributed by atoms with Gasteiger partial charge in [-0.25, -0.2) is 4.79 Å². The summed E-state index contributed by atoms with van der Waals surface area (Å²) >= 11 is 0. The van der Waals surface area contributed by atoms with E-state index in [0.29, 0.717) is 30.2 Å². The minimum absolute atomic E-state index is 0.0559. The highest BCUT2D eigenvalue weighted by molar-refractivity contribution is 6.10. The first-order chi connectivity index (χ1) is 14.3. The highest BCUT2D eigenvalue weighted by atomic mass is 16.5. The van der Waals surface area contributed by atoms with Gasteiger partial charge in [-0.2, -0.15) is 0 Å². The van der Waals surface area contributed by atoms with Crippen molar-refractivity contribution in [2.24, 2.45) is 11.3 Å². The van der Waals surface area contributed by atoms with Crippen LogP contribution in [0.4, 0.5) is 10.5 Å². The summed E-state index contributed by atoms with van der Waals surface area (Å²) in [5, 5.41) is 5.73. The normalized spacial score (nSPS) is 25.5. The number of carbonyl (C=O) groups is 3. The van der Waals surface area contributed by atoms with Gasteiger partial charge in [-0.05, 0) is 53.7 Å². The van der Waals surface area contributed by atoms with E-state index >= 15 is 0 Å². The van der Waals surface area contributed by atoms with Crippen LogP contribution in [0.25, 0.3) is 0 Å². The number of urea groups is 1. The monoisotopic (exact) mass is 429 g/mol. The lowest BCUT2D eigenvalue weighted by Gasteiger charge is -2.43. The number of hydrogen-bond donors (Lipinski definition) is 2. The summed E-state index contributed by atoms with van der Waals surface area (Å²) in [6.07, 6.45) is 2.18. The standard InChI is InChI=1S/C24H35N3O4/c1-15-11-23(5,6)14-24(12-15)20(29)27(21(30)26-24)13-19(28)25-17-10-16(22(2,3)4)8-9-18(17)31-7/h8-10,15H,11-14H2,1-7H3,(H,25,28)(H,26,30)/t15-,24+/m0/s1. The van der Waals surface area contributed by atoms with Gasteiger partial charge in [0.05, 0.1) is 12.8 Å². The van der Waals surface area contributed by atoms with E-state index in [0.717, 1.165) is 16.9 Å². The molecular formula is C24H35N3O4. The third-order valence-corrected chi connectivity index (χ3v) is 6.27. The molecule has 7 heteroatoms. The summed E-state index contributed by atoms with van der Waals surface area (Å²) in [6.45, 7) is 12.3. The van der Waals surface area contributed by atoms with E-state index in [9.17, 15) is 14.4 Å². The fourth-order valence-electron chi connectivity index (χ4n) is 5.26. The average Bonchev–Trinajstić information content (AvgIpc) is 2.82. The molecule has 31 heavy (non-hydrogen) atoms. The van der Waals surface area contributed by atoms with Crippen molar-refractivity contribution in [3.8, 4) is 5.75 Å². The summed E-state index contributed by atoms with van der Waals surface area (Å²) in [7, 11) is 1.54. The summed E-state index contributed by atoms with van der Waals surface area (Å²) in [4.78, 5) is 39.8. The molecule has 2 atom stereocenters. The zero-order chi connectivity index (χ0) is 23.2. The molecule has 0 unspecified atom stereocenters. The molecule has 1 saturated carbocycles. The van der Waals surface area contributed by atoms with Crippen LogP contribution in [0.15, 0.2) is 18.2 Å². The Bertz CT molecular complexity index is 903. The van der Waals surface area contributed by atoms with Gasteiger partial charge in [0.2, 0.25) is 5.91 Å². The molecule has 7 nitrogen and oxygen atoms in total. The highest BCUT2D eigenvalue weighted by Crippen LogP contribution is 2.46. The smallest absolute Gasteiger partial charge is 0.325 e. The third kappa shape index (κ3) is 4.70. The van der Waals surface area contributed by atoms with E-state index in [2.05, 4.69) is 52.2 Å². The largest absolute Gasteiger partial charge is 0.495 e. The van der Waals surface area contributed by atoms with Crippen molar-refractivity contribution in [2.45, 2.75) is 71.8 Å². The second-order valence-electron chi connectivity index (χ2n) is 11.0. The zero-order valence-electron chi connectivity index (χ0n) is 19.7. The van der Waals surface area contributed by atoms with Gasteiger partial charge < -0.3 is 15.4 Å². The molecule has 0 aromatic heterocycles. The Morgan fingerprint density at radius 3 is 2.52 bits per heavy atom. The minimum atomic E-state index is -0.914. The lowest BCUT2D eigenvalue weighted by Crippen LogP contribution is -2.54. The van der Waals surface area contributed by atoms with E-state index < -0.39 is 17.5 Å². The molecule has 1 spiro atoms. The molecule has 2 N–H and O–H groups in total. The number of ether oxygens (including phenoxy) is 1. The van der Waals surface area contributed by atoms with Gasteiger partial charge in [-0.1, -0.05) is 47.6 Å². The molecule has 3 rings (SSSR count). The van der Waals surface area contributed by atoms with Gasteiger partial charge in [0.1, 0.15) is 17.8 Å². The van der Waals surface area contributed by atoms with Crippen LogP contribution in [0, 0.1) is 11.3 Å². The number of benzene rings is 1. The van der Waals surface area contributed by atoms with Crippen molar-refractivity contribution in [2.75, 3.05) is 19.0 Å². The first-order valence-corrected chi connectivity index (χ1v) is 10.9. The number of rotatable bonds is 4. The van der Waals surface area contributed by atoms with Gasteiger partial charge in [-0.15, -0.1) is 0 Å². The van der Waals surface area contributed by atoms with E-state index in [1.807, 2.05) is 18.2 Å². The van der Waals surface area contributed by atoms with Gasteiger partial charge >= 0.3 is 6.03 Å². The zero-order valence-corrected chi connectivity index (χ0v) is 19.7. The predicted octanol–water partition coefficient (Wildman–Crippen LogP) is 4.07. The summed E-state index contributed by atoms with van der Waals surface area (Å²) < 4.78 is 5.38. The molecule has 1 aliphatic heterocycles. The topological polar surface area (TPSA) is 87.7 Å². The van der Waals surface area contributed by atoms with Gasteiger partial charge in [-0.3, -0.25) is 14.5 Å². The van der Waals surface area contributed by atoms with Crippen molar-refractivity contribution >= 4 is 23.5 Å². The average molecular weight is 430 g/mol. The van der Waals surface area contributed by atoms with Crippen LogP contribution in [0.2, 0.25) is 0 Å². The number of hydrogen-bond acceptors (Lipinski definition) is 4. The fraction of sp³-hybridized carbons (Fsp3) is 0.625. The van der Waals surface area contributed by atoms with Crippen LogP contribution in [0.3, 0.4) is 0 Å². The van der Waals surface area contributed by atoms with Crippen LogP contribution in [-0.2, 0) is 15.0 Å². The fourth-order valence-corrected chi connectivity index (χ4v) is 5.26. The maximum atomic E-state index is 13.3. The van der Waals surface area contributed by atoms with E-state index in [4.69, 9.17) is 4.74 Å². The molecule has 170 valence electrons. The Morgan fingerprint density at radius 1 is 1.26 bits per heavy atom. The summed E-state index contributed by atoms with van der Waals surface area (Å²) in [6, 6.07) is 5.14. The number of carbonyl (C=O) groups excluding carboxylic acids is 3. The van der Waals surface area contributed by atoms with Crippen LogP contribution < -0.4 is 15.4 Å². The number of methoxy groups -OCH3 is 1. The maximum Gasteiger partial charge on any atom is 0.325 e. The summed E-state index contributed by atoms with van der Waals surface area (Å²) in [5.41, 5.74) is 0.486. The number of nitrogens with one attached hydrogen (secondary N) is 2. The minimum Gasteiger partial charge on any atom is -0.495 e. The van der Waals surface area contributed by atoms with Gasteiger partial charge in [0, 0.05) is 0 Å². The molecular weight excluding hydrogens is 394 g/mol. The van der Waals surface area contributed by atoms with Crippen LogP contribution >= 0.6 is 0 Å². The van der Waals surface area contributed by atoms with Crippen molar-refractivity contribution in [1.82, 2.24) is 10.2 Å². The Balaban J connectivity index is 1.77. The Labute approximate surface area is 184 Å². The van der Waals surface area contributed by atoms with E-state index in [-0.39, 0.29) is 23.3 Å². The van der Waals surface area contributed by atoms with Gasteiger partial charge in [0.25, 0.3) is 5.91 Å². The molecule has 2 fully saturated rings. The molecule has 0 radical (unpaired) electrons. The van der Waals surface area contributed by atoms with Crippen molar-refractivity contribution in [1.29, 1.82) is 0 Å². The van der Waals surface area contributed by atoms with Gasteiger partial charge in [0.15, 0.2) is 0 Å².